The van der Waals surface area contributed by atoms with E-state index in [1.165, 1.54) is 32.0 Å². The van der Waals surface area contributed by atoms with Gasteiger partial charge in [0.05, 0.1) is 19.9 Å². The normalized spacial score (nSPS) is 12.1. The Bertz CT molecular complexity index is 1180. The Balaban J connectivity index is 2.14. The SMILES string of the molecule is COC(=O)N=C(SC)C(=Nc1ccc(-c2noc(C)n2)cc1)c1cc(CN)c(F)c(OC)c1. The summed E-state index contributed by atoms with van der Waals surface area (Å²) in [5, 5.41) is 4.17. The van der Waals surface area contributed by atoms with E-state index in [1.807, 2.05) is 0 Å². The van der Waals surface area contributed by atoms with Gasteiger partial charge in [-0.2, -0.15) is 9.98 Å². The number of aryl methyl sites for hydroxylation is 1. The minimum atomic E-state index is -0.789. The Morgan fingerprint density at radius 3 is 2.52 bits per heavy atom. The van der Waals surface area contributed by atoms with Crippen molar-refractivity contribution in [3.8, 4) is 17.1 Å². The number of thioether (sulfide) groups is 1. The van der Waals surface area contributed by atoms with Crippen LogP contribution in [0.25, 0.3) is 11.4 Å². The molecule has 0 aliphatic carbocycles. The van der Waals surface area contributed by atoms with E-state index >= 15 is 0 Å². The van der Waals surface area contributed by atoms with E-state index < -0.39 is 11.9 Å². The van der Waals surface area contributed by atoms with Crippen molar-refractivity contribution in [1.82, 2.24) is 10.1 Å². The molecule has 2 N–H and O–H groups in total. The molecule has 11 heteroatoms. The van der Waals surface area contributed by atoms with Gasteiger partial charge >= 0.3 is 6.09 Å². The second-order valence-electron chi connectivity index (χ2n) is 6.59. The van der Waals surface area contributed by atoms with Crippen LogP contribution < -0.4 is 10.5 Å². The average molecular weight is 472 g/mol. The molecule has 0 radical (unpaired) electrons. The van der Waals surface area contributed by atoms with Crippen LogP contribution in [0.15, 0.2) is 50.9 Å². The third-order valence-electron chi connectivity index (χ3n) is 4.49. The number of ether oxygens (including phenoxy) is 2. The van der Waals surface area contributed by atoms with Crippen LogP contribution in [0.2, 0.25) is 0 Å². The number of rotatable bonds is 6. The van der Waals surface area contributed by atoms with Crippen LogP contribution >= 0.6 is 11.8 Å². The zero-order valence-corrected chi connectivity index (χ0v) is 19.3. The van der Waals surface area contributed by atoms with Gasteiger partial charge in [-0.15, -0.1) is 11.8 Å². The minimum Gasteiger partial charge on any atom is -0.494 e. The highest BCUT2D eigenvalue weighted by Crippen LogP contribution is 2.27. The molecule has 9 nitrogen and oxygen atoms in total. The molecule has 33 heavy (non-hydrogen) atoms. The van der Waals surface area contributed by atoms with Crippen molar-refractivity contribution < 1.29 is 23.2 Å². The zero-order valence-electron chi connectivity index (χ0n) is 18.5. The number of aliphatic imine (C=N–C) groups is 2. The Kier molecular flexibility index (Phi) is 7.91. The molecule has 0 saturated heterocycles. The van der Waals surface area contributed by atoms with Crippen LogP contribution in [0.5, 0.6) is 5.75 Å². The lowest BCUT2D eigenvalue weighted by Crippen LogP contribution is -2.16. The first-order valence-electron chi connectivity index (χ1n) is 9.67. The Hall–Kier alpha value is -3.57. The molecule has 0 fully saturated rings. The maximum Gasteiger partial charge on any atom is 0.434 e. The number of nitrogens with two attached hydrogens (primary N) is 1. The first-order valence-corrected chi connectivity index (χ1v) is 10.9. The van der Waals surface area contributed by atoms with Crippen LogP contribution in [0.3, 0.4) is 0 Å². The smallest absolute Gasteiger partial charge is 0.434 e. The summed E-state index contributed by atoms with van der Waals surface area (Å²) in [6, 6.07) is 10.1. The average Bonchev–Trinajstić information content (AvgIpc) is 3.27. The number of carbonyl (C=O) groups is 1. The minimum absolute atomic E-state index is 0.00185. The van der Waals surface area contributed by atoms with Crippen molar-refractivity contribution in [2.75, 3.05) is 20.5 Å². The molecule has 0 bridgehead atoms. The monoisotopic (exact) mass is 471 g/mol. The van der Waals surface area contributed by atoms with E-state index in [1.54, 1.807) is 43.5 Å². The summed E-state index contributed by atoms with van der Waals surface area (Å²) in [6.07, 6.45) is 0.951. The fourth-order valence-corrected chi connectivity index (χ4v) is 3.40. The van der Waals surface area contributed by atoms with Gasteiger partial charge < -0.3 is 19.7 Å². The van der Waals surface area contributed by atoms with Gasteiger partial charge in [-0.3, -0.25) is 0 Å². The Morgan fingerprint density at radius 1 is 1.24 bits per heavy atom. The van der Waals surface area contributed by atoms with Gasteiger partial charge in [0.25, 0.3) is 0 Å². The maximum absolute atomic E-state index is 14.5. The molecule has 0 spiro atoms. The second-order valence-corrected chi connectivity index (χ2v) is 7.39. The van der Waals surface area contributed by atoms with E-state index in [0.717, 1.165) is 5.56 Å². The molecule has 0 aliphatic heterocycles. The molecular formula is C22H22FN5O4S. The summed E-state index contributed by atoms with van der Waals surface area (Å²) in [7, 11) is 2.59. The number of carbonyl (C=O) groups excluding carboxylic acids is 1. The third kappa shape index (κ3) is 5.62. The lowest BCUT2D eigenvalue weighted by atomic mass is 10.0. The number of benzene rings is 2. The van der Waals surface area contributed by atoms with E-state index in [4.69, 9.17) is 15.0 Å². The van der Waals surface area contributed by atoms with Crippen molar-refractivity contribution in [2.45, 2.75) is 13.5 Å². The second kappa shape index (κ2) is 10.8. The summed E-state index contributed by atoms with van der Waals surface area (Å²) in [6.45, 7) is 1.66. The fourth-order valence-electron chi connectivity index (χ4n) is 2.88. The Morgan fingerprint density at radius 2 is 1.97 bits per heavy atom. The molecule has 3 rings (SSSR count). The standard InChI is InChI=1S/C22H22FN5O4S/c1-12-25-20(28-32-12)13-5-7-16(8-6-13)26-19(21(33-4)27-22(29)31-3)14-9-15(11-24)18(23)17(10-14)30-2/h5-10H,11,24H2,1-4H3. The van der Waals surface area contributed by atoms with Crippen molar-refractivity contribution >= 4 is 34.3 Å². The molecule has 0 atom stereocenters. The van der Waals surface area contributed by atoms with Crippen molar-refractivity contribution in [2.24, 2.45) is 15.7 Å². The van der Waals surface area contributed by atoms with Crippen molar-refractivity contribution in [3.05, 3.63) is 59.2 Å². The van der Waals surface area contributed by atoms with Crippen LogP contribution in [-0.4, -0.2) is 47.5 Å². The number of methoxy groups -OCH3 is 2. The predicted octanol–water partition coefficient (Wildman–Crippen LogP) is 4.30. The topological polar surface area (TPSA) is 125 Å². The molecule has 0 saturated carbocycles. The molecule has 1 aromatic heterocycles. The number of hydrogen-bond donors (Lipinski definition) is 1. The van der Waals surface area contributed by atoms with Gasteiger partial charge in [-0.1, -0.05) is 5.16 Å². The molecule has 1 amide bonds. The summed E-state index contributed by atoms with van der Waals surface area (Å²) in [5.41, 5.74) is 8.05. The third-order valence-corrected chi connectivity index (χ3v) is 5.16. The lowest BCUT2D eigenvalue weighted by Gasteiger charge is -2.13. The first kappa shape index (κ1) is 24.1. The van der Waals surface area contributed by atoms with E-state index in [9.17, 15) is 9.18 Å². The van der Waals surface area contributed by atoms with Crippen LogP contribution in [-0.2, 0) is 11.3 Å². The maximum atomic E-state index is 14.5. The summed E-state index contributed by atoms with van der Waals surface area (Å²) < 4.78 is 29.4. The number of hydrogen-bond acceptors (Lipinski definition) is 9. The summed E-state index contributed by atoms with van der Waals surface area (Å²) in [4.78, 5) is 24.7. The molecule has 0 unspecified atom stereocenters. The van der Waals surface area contributed by atoms with Gasteiger partial charge in [0.2, 0.25) is 11.7 Å². The lowest BCUT2D eigenvalue weighted by molar-refractivity contribution is 0.183. The van der Waals surface area contributed by atoms with Gasteiger partial charge in [-0.05, 0) is 42.7 Å². The Labute approximate surface area is 193 Å². The number of amides is 1. The first-order chi connectivity index (χ1) is 15.9. The fraction of sp³-hybridized carbons (Fsp3) is 0.227. The van der Waals surface area contributed by atoms with E-state index in [0.29, 0.717) is 28.7 Å². The van der Waals surface area contributed by atoms with Crippen LogP contribution in [0.4, 0.5) is 14.9 Å². The highest BCUT2D eigenvalue weighted by atomic mass is 32.2. The molecule has 3 aromatic rings. The van der Waals surface area contributed by atoms with E-state index in [2.05, 4.69) is 24.9 Å². The zero-order chi connectivity index (χ0) is 24.0. The largest absolute Gasteiger partial charge is 0.494 e. The van der Waals surface area contributed by atoms with Gasteiger partial charge in [0, 0.05) is 30.2 Å². The van der Waals surface area contributed by atoms with Crippen molar-refractivity contribution in [1.29, 1.82) is 0 Å². The number of nitrogens with zero attached hydrogens (tertiary/aromatic N) is 4. The summed E-state index contributed by atoms with van der Waals surface area (Å²) in [5.74, 6) is 0.357. The van der Waals surface area contributed by atoms with Gasteiger partial charge in [0.15, 0.2) is 11.6 Å². The van der Waals surface area contributed by atoms with Crippen LogP contribution in [0.1, 0.15) is 17.0 Å². The number of halogens is 1. The highest BCUT2D eigenvalue weighted by Gasteiger charge is 2.19. The van der Waals surface area contributed by atoms with Crippen molar-refractivity contribution in [3.63, 3.8) is 0 Å². The molecule has 172 valence electrons. The van der Waals surface area contributed by atoms with E-state index in [-0.39, 0.29) is 22.9 Å². The molecule has 0 aliphatic rings. The van der Waals surface area contributed by atoms with Gasteiger partial charge in [0.1, 0.15) is 10.8 Å². The molecule has 2 aromatic carbocycles. The van der Waals surface area contributed by atoms with Crippen LogP contribution in [0, 0.1) is 12.7 Å². The summed E-state index contributed by atoms with van der Waals surface area (Å²) >= 11 is 1.19. The van der Waals surface area contributed by atoms with Gasteiger partial charge in [-0.25, -0.2) is 14.2 Å². The number of aromatic nitrogens is 2. The molecule has 1 heterocycles. The quantitative estimate of drug-likeness (QED) is 0.417. The molecular weight excluding hydrogens is 449 g/mol. The predicted molar refractivity (Wildman–Crippen MR) is 125 cm³/mol. The highest BCUT2D eigenvalue weighted by molar-refractivity contribution is 8.15.